The second kappa shape index (κ2) is 5.87. The maximum atomic E-state index is 5.73. The molecule has 0 saturated carbocycles. The molecule has 17 heavy (non-hydrogen) atoms. The van der Waals surface area contributed by atoms with Crippen LogP contribution in [-0.2, 0) is 0 Å². The van der Waals surface area contributed by atoms with Crippen LogP contribution in [0.15, 0.2) is 18.3 Å². The SMILES string of the molecule is CCCOc1cccnc1N1CCC(CN)C1. The average Bonchev–Trinajstić information content (AvgIpc) is 2.85. The third-order valence-electron chi connectivity index (χ3n) is 3.13. The van der Waals surface area contributed by atoms with Gasteiger partial charge in [0.15, 0.2) is 11.6 Å². The number of hydrogen-bond donors (Lipinski definition) is 1. The predicted octanol–water partition coefficient (Wildman–Crippen LogP) is 1.66. The fraction of sp³-hybridized carbons (Fsp3) is 0.615. The molecule has 1 unspecified atom stereocenters. The van der Waals surface area contributed by atoms with Crippen LogP contribution in [0.5, 0.6) is 5.75 Å². The normalized spacial score (nSPS) is 19.6. The topological polar surface area (TPSA) is 51.4 Å². The van der Waals surface area contributed by atoms with Crippen LogP contribution in [0, 0.1) is 5.92 Å². The number of hydrogen-bond acceptors (Lipinski definition) is 4. The Morgan fingerprint density at radius 3 is 3.18 bits per heavy atom. The number of ether oxygens (including phenoxy) is 1. The lowest BCUT2D eigenvalue weighted by atomic mass is 10.1. The molecule has 1 aromatic heterocycles. The zero-order valence-electron chi connectivity index (χ0n) is 10.4. The largest absolute Gasteiger partial charge is 0.490 e. The van der Waals surface area contributed by atoms with Gasteiger partial charge in [-0.05, 0) is 37.4 Å². The zero-order valence-corrected chi connectivity index (χ0v) is 10.4. The molecule has 0 aromatic carbocycles. The van der Waals surface area contributed by atoms with Crippen molar-refractivity contribution in [1.29, 1.82) is 0 Å². The molecule has 0 spiro atoms. The first-order chi connectivity index (χ1) is 8.35. The first-order valence-corrected chi connectivity index (χ1v) is 6.38. The minimum atomic E-state index is 0.594. The molecule has 1 saturated heterocycles. The van der Waals surface area contributed by atoms with Gasteiger partial charge in [-0.15, -0.1) is 0 Å². The predicted molar refractivity (Wildman–Crippen MR) is 69.4 cm³/mol. The van der Waals surface area contributed by atoms with Gasteiger partial charge in [0.1, 0.15) is 0 Å². The van der Waals surface area contributed by atoms with Crippen LogP contribution >= 0.6 is 0 Å². The van der Waals surface area contributed by atoms with Gasteiger partial charge in [0.2, 0.25) is 0 Å². The lowest BCUT2D eigenvalue weighted by Crippen LogP contribution is -2.24. The van der Waals surface area contributed by atoms with Gasteiger partial charge in [0.05, 0.1) is 6.61 Å². The summed E-state index contributed by atoms with van der Waals surface area (Å²) in [7, 11) is 0. The van der Waals surface area contributed by atoms with Crippen molar-refractivity contribution < 1.29 is 4.74 Å². The van der Waals surface area contributed by atoms with E-state index in [0.29, 0.717) is 5.92 Å². The third-order valence-corrected chi connectivity index (χ3v) is 3.13. The Bertz CT molecular complexity index is 356. The third kappa shape index (κ3) is 2.88. The monoisotopic (exact) mass is 235 g/mol. The fourth-order valence-electron chi connectivity index (χ4n) is 2.16. The van der Waals surface area contributed by atoms with Gasteiger partial charge in [-0.1, -0.05) is 6.92 Å². The van der Waals surface area contributed by atoms with Crippen molar-refractivity contribution in [3.8, 4) is 5.75 Å². The molecule has 1 fully saturated rings. The van der Waals surface area contributed by atoms with Crippen LogP contribution < -0.4 is 15.4 Å². The van der Waals surface area contributed by atoms with Crippen LogP contribution in [0.1, 0.15) is 19.8 Å². The summed E-state index contributed by atoms with van der Waals surface area (Å²) in [6, 6.07) is 3.92. The highest BCUT2D eigenvalue weighted by Gasteiger charge is 2.24. The summed E-state index contributed by atoms with van der Waals surface area (Å²) in [5.74, 6) is 2.46. The lowest BCUT2D eigenvalue weighted by Gasteiger charge is -2.20. The summed E-state index contributed by atoms with van der Waals surface area (Å²) in [4.78, 5) is 6.72. The quantitative estimate of drug-likeness (QED) is 0.843. The van der Waals surface area contributed by atoms with Crippen molar-refractivity contribution >= 4 is 5.82 Å². The van der Waals surface area contributed by atoms with Crippen molar-refractivity contribution in [2.24, 2.45) is 11.7 Å². The molecule has 94 valence electrons. The van der Waals surface area contributed by atoms with Crippen molar-refractivity contribution in [1.82, 2.24) is 4.98 Å². The Morgan fingerprint density at radius 1 is 1.59 bits per heavy atom. The molecule has 0 radical (unpaired) electrons. The van der Waals surface area contributed by atoms with E-state index < -0.39 is 0 Å². The van der Waals surface area contributed by atoms with E-state index >= 15 is 0 Å². The number of aromatic nitrogens is 1. The Kier molecular flexibility index (Phi) is 4.20. The molecule has 0 bridgehead atoms. The van der Waals surface area contributed by atoms with Gasteiger partial charge in [0, 0.05) is 19.3 Å². The Balaban J connectivity index is 2.09. The molecule has 4 nitrogen and oxygen atoms in total. The van der Waals surface area contributed by atoms with Crippen molar-refractivity contribution in [2.75, 3.05) is 31.1 Å². The summed E-state index contributed by atoms with van der Waals surface area (Å²) in [6.45, 7) is 5.63. The molecule has 2 rings (SSSR count). The summed E-state index contributed by atoms with van der Waals surface area (Å²) in [5, 5.41) is 0. The van der Waals surface area contributed by atoms with Gasteiger partial charge >= 0.3 is 0 Å². The highest BCUT2D eigenvalue weighted by atomic mass is 16.5. The van der Waals surface area contributed by atoms with Gasteiger partial charge in [0.25, 0.3) is 0 Å². The number of nitrogens with two attached hydrogens (primary N) is 1. The maximum absolute atomic E-state index is 5.73. The zero-order chi connectivity index (χ0) is 12.1. The highest BCUT2D eigenvalue weighted by Crippen LogP contribution is 2.29. The minimum absolute atomic E-state index is 0.594. The van der Waals surface area contributed by atoms with E-state index in [-0.39, 0.29) is 0 Å². The van der Waals surface area contributed by atoms with Gasteiger partial charge in [-0.25, -0.2) is 4.98 Å². The molecule has 4 heteroatoms. The summed E-state index contributed by atoms with van der Waals surface area (Å²) in [5.41, 5.74) is 5.71. The maximum Gasteiger partial charge on any atom is 0.171 e. The minimum Gasteiger partial charge on any atom is -0.490 e. The Labute approximate surface area is 103 Å². The number of anilines is 1. The Morgan fingerprint density at radius 2 is 2.47 bits per heavy atom. The molecule has 0 amide bonds. The summed E-state index contributed by atoms with van der Waals surface area (Å²) in [6.07, 6.45) is 3.99. The molecule has 1 aliphatic rings. The molecule has 0 aliphatic carbocycles. The molecule has 2 N–H and O–H groups in total. The highest BCUT2D eigenvalue weighted by molar-refractivity contribution is 5.52. The van der Waals surface area contributed by atoms with E-state index in [1.165, 1.54) is 0 Å². The number of nitrogens with zero attached hydrogens (tertiary/aromatic N) is 2. The summed E-state index contributed by atoms with van der Waals surface area (Å²) < 4.78 is 5.73. The number of pyridine rings is 1. The molecule has 1 atom stereocenters. The van der Waals surface area contributed by atoms with E-state index in [1.54, 1.807) is 0 Å². The Hall–Kier alpha value is -1.29. The van der Waals surface area contributed by atoms with E-state index in [2.05, 4.69) is 16.8 Å². The van der Waals surface area contributed by atoms with Crippen molar-refractivity contribution in [3.63, 3.8) is 0 Å². The van der Waals surface area contributed by atoms with Gasteiger partial charge in [-0.3, -0.25) is 0 Å². The first-order valence-electron chi connectivity index (χ1n) is 6.38. The smallest absolute Gasteiger partial charge is 0.171 e. The standard InChI is InChI=1S/C13H21N3O/c1-2-8-17-12-4-3-6-15-13(12)16-7-5-11(9-14)10-16/h3-4,6,11H,2,5,7-10,14H2,1H3. The van der Waals surface area contributed by atoms with Crippen molar-refractivity contribution in [2.45, 2.75) is 19.8 Å². The molecule has 1 aliphatic heterocycles. The second-order valence-electron chi connectivity index (χ2n) is 4.51. The van der Waals surface area contributed by atoms with E-state index in [9.17, 15) is 0 Å². The summed E-state index contributed by atoms with van der Waals surface area (Å²) >= 11 is 0. The van der Waals surface area contributed by atoms with Gasteiger partial charge < -0.3 is 15.4 Å². The van der Waals surface area contributed by atoms with Crippen LogP contribution in [0.4, 0.5) is 5.82 Å². The van der Waals surface area contributed by atoms with E-state index in [0.717, 1.165) is 50.7 Å². The molecule has 1 aromatic rings. The molecular formula is C13H21N3O. The van der Waals surface area contributed by atoms with Gasteiger partial charge in [-0.2, -0.15) is 0 Å². The lowest BCUT2D eigenvalue weighted by molar-refractivity contribution is 0.316. The average molecular weight is 235 g/mol. The number of rotatable bonds is 5. The van der Waals surface area contributed by atoms with E-state index in [1.807, 2.05) is 18.3 Å². The van der Waals surface area contributed by atoms with Crippen LogP contribution in [0.2, 0.25) is 0 Å². The molecular weight excluding hydrogens is 214 g/mol. The van der Waals surface area contributed by atoms with Crippen molar-refractivity contribution in [3.05, 3.63) is 18.3 Å². The van der Waals surface area contributed by atoms with Crippen LogP contribution in [-0.4, -0.2) is 31.2 Å². The molecule has 2 heterocycles. The fourth-order valence-corrected chi connectivity index (χ4v) is 2.16. The van der Waals surface area contributed by atoms with E-state index in [4.69, 9.17) is 10.5 Å². The van der Waals surface area contributed by atoms with Crippen LogP contribution in [0.3, 0.4) is 0 Å². The second-order valence-corrected chi connectivity index (χ2v) is 4.51. The first kappa shape index (κ1) is 12.2. The van der Waals surface area contributed by atoms with Crippen LogP contribution in [0.25, 0.3) is 0 Å².